The van der Waals surface area contributed by atoms with Gasteiger partial charge in [0.25, 0.3) is 5.56 Å². The van der Waals surface area contributed by atoms with Crippen molar-refractivity contribution in [2.24, 2.45) is 0 Å². The maximum atomic E-state index is 12.7. The average molecular weight is 366 g/mol. The number of rotatable bonds is 4. The summed E-state index contributed by atoms with van der Waals surface area (Å²) in [6.07, 6.45) is 0.946. The molecular weight excluding hydrogens is 346 g/mol. The van der Waals surface area contributed by atoms with Gasteiger partial charge >= 0.3 is 0 Å². The molecule has 0 atom stereocenters. The number of benzene rings is 1. The Hall–Kier alpha value is -1.24. The Kier molecular flexibility index (Phi) is 4.90. The average Bonchev–Trinajstić information content (AvgIpc) is 2.52. The molecule has 2 heterocycles. The van der Waals surface area contributed by atoms with Crippen molar-refractivity contribution < 1.29 is 4.74 Å². The first-order valence-electron chi connectivity index (χ1n) is 7.62. The highest BCUT2D eigenvalue weighted by molar-refractivity contribution is 9.10. The number of fused-ring (bicyclic) bond motifs is 1. The maximum absolute atomic E-state index is 12.7. The molecule has 1 aromatic heterocycles. The predicted molar refractivity (Wildman–Crippen MR) is 90.3 cm³/mol. The van der Waals surface area contributed by atoms with Gasteiger partial charge in [-0.3, -0.25) is 14.3 Å². The van der Waals surface area contributed by atoms with Crippen LogP contribution >= 0.6 is 15.9 Å². The fourth-order valence-electron chi connectivity index (χ4n) is 2.84. The first-order chi connectivity index (χ1) is 10.6. The molecule has 0 aliphatic carbocycles. The highest BCUT2D eigenvalue weighted by atomic mass is 79.9. The van der Waals surface area contributed by atoms with Crippen molar-refractivity contribution in [2.75, 3.05) is 32.8 Å². The van der Waals surface area contributed by atoms with E-state index in [0.717, 1.165) is 55.1 Å². The van der Waals surface area contributed by atoms with E-state index in [2.05, 4.69) is 25.8 Å². The Balaban J connectivity index is 1.76. The van der Waals surface area contributed by atoms with Crippen LogP contribution in [-0.4, -0.2) is 47.3 Å². The van der Waals surface area contributed by atoms with Gasteiger partial charge in [-0.05, 0) is 31.5 Å². The normalized spacial score (nSPS) is 16.3. The van der Waals surface area contributed by atoms with Gasteiger partial charge in [0.15, 0.2) is 0 Å². The van der Waals surface area contributed by atoms with Gasteiger partial charge in [-0.15, -0.1) is 0 Å². The molecule has 1 fully saturated rings. The molecule has 0 saturated carbocycles. The lowest BCUT2D eigenvalue weighted by atomic mass is 10.2. The van der Waals surface area contributed by atoms with Crippen LogP contribution < -0.4 is 5.56 Å². The number of halogens is 1. The second kappa shape index (κ2) is 6.89. The minimum atomic E-state index is 0.0470. The minimum Gasteiger partial charge on any atom is -0.379 e. The first-order valence-corrected chi connectivity index (χ1v) is 8.41. The van der Waals surface area contributed by atoms with Gasteiger partial charge in [0.1, 0.15) is 5.82 Å². The molecule has 1 aromatic carbocycles. The molecule has 0 spiro atoms. The molecular formula is C16H20BrN3O2. The number of nitrogens with zero attached hydrogens (tertiary/aromatic N) is 3. The van der Waals surface area contributed by atoms with E-state index in [1.54, 1.807) is 4.57 Å². The summed E-state index contributed by atoms with van der Waals surface area (Å²) in [4.78, 5) is 19.6. The third-order valence-corrected chi connectivity index (χ3v) is 4.56. The molecule has 0 N–H and O–H groups in total. The largest absolute Gasteiger partial charge is 0.379 e. The van der Waals surface area contributed by atoms with Gasteiger partial charge in [-0.2, -0.15) is 0 Å². The predicted octanol–water partition coefficient (Wildman–Crippen LogP) is 2.19. The van der Waals surface area contributed by atoms with Crippen LogP contribution in [0.3, 0.4) is 0 Å². The van der Waals surface area contributed by atoms with E-state index in [-0.39, 0.29) is 5.56 Å². The standard InChI is InChI=1S/C16H20BrN3O2/c1-12-18-15-4-3-13(17)11-14(15)16(21)20(12)6-2-5-19-7-9-22-10-8-19/h3-4,11H,2,5-10H2,1H3. The summed E-state index contributed by atoms with van der Waals surface area (Å²) < 4.78 is 8.04. The summed E-state index contributed by atoms with van der Waals surface area (Å²) >= 11 is 3.42. The van der Waals surface area contributed by atoms with Crippen molar-refractivity contribution in [3.63, 3.8) is 0 Å². The minimum absolute atomic E-state index is 0.0470. The molecule has 5 nitrogen and oxygen atoms in total. The monoisotopic (exact) mass is 365 g/mol. The lowest BCUT2D eigenvalue weighted by molar-refractivity contribution is 0.0369. The Morgan fingerprint density at radius 3 is 2.82 bits per heavy atom. The zero-order valence-corrected chi connectivity index (χ0v) is 14.3. The van der Waals surface area contributed by atoms with Crippen molar-refractivity contribution in [2.45, 2.75) is 19.9 Å². The molecule has 2 aromatic rings. The van der Waals surface area contributed by atoms with E-state index in [4.69, 9.17) is 4.74 Å². The summed E-state index contributed by atoms with van der Waals surface area (Å²) in [5.41, 5.74) is 0.806. The van der Waals surface area contributed by atoms with Crippen LogP contribution in [0.2, 0.25) is 0 Å². The van der Waals surface area contributed by atoms with Gasteiger partial charge < -0.3 is 4.74 Å². The summed E-state index contributed by atoms with van der Waals surface area (Å²) in [6, 6.07) is 5.64. The highest BCUT2D eigenvalue weighted by Gasteiger charge is 2.11. The Labute approximate surface area is 138 Å². The van der Waals surface area contributed by atoms with E-state index in [0.29, 0.717) is 11.9 Å². The van der Waals surface area contributed by atoms with Gasteiger partial charge in [-0.1, -0.05) is 15.9 Å². The van der Waals surface area contributed by atoms with Crippen LogP contribution in [0.25, 0.3) is 10.9 Å². The molecule has 0 amide bonds. The number of hydrogen-bond acceptors (Lipinski definition) is 4. The summed E-state index contributed by atoms with van der Waals surface area (Å²) in [6.45, 7) is 7.18. The Morgan fingerprint density at radius 2 is 2.05 bits per heavy atom. The Bertz CT molecular complexity index is 723. The zero-order valence-electron chi connectivity index (χ0n) is 12.7. The zero-order chi connectivity index (χ0) is 15.5. The molecule has 3 rings (SSSR count). The first kappa shape index (κ1) is 15.6. The van der Waals surface area contributed by atoms with Gasteiger partial charge in [-0.25, -0.2) is 4.98 Å². The summed E-state index contributed by atoms with van der Waals surface area (Å²) in [5.74, 6) is 0.779. The lowest BCUT2D eigenvalue weighted by Crippen LogP contribution is -2.37. The topological polar surface area (TPSA) is 47.4 Å². The van der Waals surface area contributed by atoms with Crippen LogP contribution in [0, 0.1) is 6.92 Å². The van der Waals surface area contributed by atoms with Crippen molar-refractivity contribution in [3.05, 3.63) is 38.9 Å². The third-order valence-electron chi connectivity index (χ3n) is 4.07. The van der Waals surface area contributed by atoms with Gasteiger partial charge in [0, 0.05) is 30.7 Å². The van der Waals surface area contributed by atoms with Crippen LogP contribution in [0.4, 0.5) is 0 Å². The molecule has 0 radical (unpaired) electrons. The van der Waals surface area contributed by atoms with Crippen LogP contribution in [0.15, 0.2) is 27.5 Å². The SMILES string of the molecule is Cc1nc2ccc(Br)cc2c(=O)n1CCCN1CCOCC1. The molecule has 22 heavy (non-hydrogen) atoms. The van der Waals surface area contributed by atoms with Crippen LogP contribution in [0.5, 0.6) is 0 Å². The smallest absolute Gasteiger partial charge is 0.261 e. The van der Waals surface area contributed by atoms with Gasteiger partial charge in [0.2, 0.25) is 0 Å². The number of aromatic nitrogens is 2. The number of ether oxygens (including phenoxy) is 1. The molecule has 118 valence electrons. The number of morpholine rings is 1. The van der Waals surface area contributed by atoms with Crippen LogP contribution in [0.1, 0.15) is 12.2 Å². The van der Waals surface area contributed by atoms with E-state index >= 15 is 0 Å². The fraction of sp³-hybridized carbons (Fsp3) is 0.500. The molecule has 1 aliphatic rings. The number of aryl methyl sites for hydroxylation is 1. The lowest BCUT2D eigenvalue weighted by Gasteiger charge is -2.26. The van der Waals surface area contributed by atoms with E-state index in [1.165, 1.54) is 0 Å². The summed E-state index contributed by atoms with van der Waals surface area (Å²) in [7, 11) is 0. The molecule has 0 unspecified atom stereocenters. The molecule has 1 saturated heterocycles. The molecule has 1 aliphatic heterocycles. The Morgan fingerprint density at radius 1 is 1.27 bits per heavy atom. The van der Waals surface area contributed by atoms with Gasteiger partial charge in [0.05, 0.1) is 24.1 Å². The maximum Gasteiger partial charge on any atom is 0.261 e. The number of hydrogen-bond donors (Lipinski definition) is 0. The van der Waals surface area contributed by atoms with Crippen molar-refractivity contribution in [1.29, 1.82) is 0 Å². The molecule has 6 heteroatoms. The van der Waals surface area contributed by atoms with E-state index < -0.39 is 0 Å². The van der Waals surface area contributed by atoms with Crippen molar-refractivity contribution >= 4 is 26.8 Å². The summed E-state index contributed by atoms with van der Waals surface area (Å²) in [5, 5.41) is 0.673. The molecule has 0 bridgehead atoms. The van der Waals surface area contributed by atoms with E-state index in [1.807, 2.05) is 25.1 Å². The van der Waals surface area contributed by atoms with E-state index in [9.17, 15) is 4.79 Å². The van der Waals surface area contributed by atoms with Crippen molar-refractivity contribution in [1.82, 2.24) is 14.5 Å². The second-order valence-corrected chi connectivity index (χ2v) is 6.50. The van der Waals surface area contributed by atoms with Crippen LogP contribution in [-0.2, 0) is 11.3 Å². The fourth-order valence-corrected chi connectivity index (χ4v) is 3.21. The quantitative estimate of drug-likeness (QED) is 0.833. The van der Waals surface area contributed by atoms with Crippen molar-refractivity contribution in [3.8, 4) is 0 Å². The second-order valence-electron chi connectivity index (χ2n) is 5.58. The highest BCUT2D eigenvalue weighted by Crippen LogP contribution is 2.16. The third kappa shape index (κ3) is 3.39.